The maximum absolute atomic E-state index is 12.6. The summed E-state index contributed by atoms with van der Waals surface area (Å²) in [5.41, 5.74) is 1.33. The number of carboxylic acid groups (broad SMARTS) is 1. The van der Waals surface area contributed by atoms with E-state index >= 15 is 0 Å². The SMILES string of the molecule is CCOC(=O)[C@@H](C)N1C(=O)S/C(=C\c2ccc(-c3cccc(C(=O)O)c3C)o2)C1=O. The molecule has 0 unspecified atom stereocenters. The lowest BCUT2D eigenvalue weighted by molar-refractivity contribution is -0.150. The van der Waals surface area contributed by atoms with Gasteiger partial charge in [0.2, 0.25) is 0 Å². The van der Waals surface area contributed by atoms with Crippen LogP contribution in [-0.4, -0.2) is 45.7 Å². The molecule has 2 aromatic rings. The molecule has 1 aromatic heterocycles. The van der Waals surface area contributed by atoms with Crippen LogP contribution >= 0.6 is 11.8 Å². The molecule has 0 bridgehead atoms. The number of imide groups is 1. The smallest absolute Gasteiger partial charge is 0.335 e. The lowest BCUT2D eigenvalue weighted by Crippen LogP contribution is -2.42. The van der Waals surface area contributed by atoms with E-state index in [1.807, 2.05) is 0 Å². The summed E-state index contributed by atoms with van der Waals surface area (Å²) in [5.74, 6) is -1.55. The number of benzene rings is 1. The van der Waals surface area contributed by atoms with E-state index in [0.29, 0.717) is 34.4 Å². The summed E-state index contributed by atoms with van der Waals surface area (Å²) in [6, 6.07) is 7.11. The van der Waals surface area contributed by atoms with Crippen LogP contribution in [0.4, 0.5) is 4.79 Å². The van der Waals surface area contributed by atoms with Crippen molar-refractivity contribution in [2.45, 2.75) is 26.8 Å². The molecular formula is C21H19NO7S. The fourth-order valence-corrected chi connectivity index (χ4v) is 3.91. The number of ether oxygens (including phenoxy) is 1. The van der Waals surface area contributed by atoms with Crippen LogP contribution in [0.5, 0.6) is 0 Å². The van der Waals surface area contributed by atoms with Gasteiger partial charge in [0, 0.05) is 11.6 Å². The normalized spacial score (nSPS) is 16.2. The third-order valence-corrected chi connectivity index (χ3v) is 5.45. The number of carboxylic acids is 1. The molecule has 1 atom stereocenters. The van der Waals surface area contributed by atoms with Crippen LogP contribution in [0, 0.1) is 6.92 Å². The van der Waals surface area contributed by atoms with E-state index in [0.717, 1.165) is 4.90 Å². The van der Waals surface area contributed by atoms with Gasteiger partial charge in [-0.3, -0.25) is 14.5 Å². The van der Waals surface area contributed by atoms with Crippen LogP contribution in [0.15, 0.2) is 39.7 Å². The maximum Gasteiger partial charge on any atom is 0.335 e. The minimum Gasteiger partial charge on any atom is -0.478 e. The zero-order valence-electron chi connectivity index (χ0n) is 16.5. The Hall–Kier alpha value is -3.33. The van der Waals surface area contributed by atoms with E-state index in [1.165, 1.54) is 19.1 Å². The van der Waals surface area contributed by atoms with E-state index in [1.54, 1.807) is 38.1 Å². The summed E-state index contributed by atoms with van der Waals surface area (Å²) in [6.45, 7) is 4.90. The Kier molecular flexibility index (Phi) is 6.12. The first-order valence-corrected chi connectivity index (χ1v) is 9.93. The monoisotopic (exact) mass is 429 g/mol. The highest BCUT2D eigenvalue weighted by Gasteiger charge is 2.41. The van der Waals surface area contributed by atoms with Gasteiger partial charge in [0.15, 0.2) is 0 Å². The molecule has 0 saturated carbocycles. The van der Waals surface area contributed by atoms with Gasteiger partial charge >= 0.3 is 11.9 Å². The topological polar surface area (TPSA) is 114 Å². The number of thioether (sulfide) groups is 1. The summed E-state index contributed by atoms with van der Waals surface area (Å²) < 4.78 is 10.6. The standard InChI is InChI=1S/C21H19NO7S/c1-4-28-20(26)12(3)22-18(23)17(30-21(22)27)10-13-8-9-16(29-13)14-6-5-7-15(11(14)2)19(24)25/h5-10,12H,4H2,1-3H3,(H,24,25)/b17-10-/t12-/m1/s1. The van der Waals surface area contributed by atoms with Gasteiger partial charge in [0.1, 0.15) is 17.6 Å². The third kappa shape index (κ3) is 4.02. The highest BCUT2D eigenvalue weighted by Crippen LogP contribution is 2.35. The van der Waals surface area contributed by atoms with Crippen molar-refractivity contribution >= 4 is 40.9 Å². The Morgan fingerprint density at radius 1 is 1.27 bits per heavy atom. The molecule has 1 aromatic carbocycles. The number of esters is 1. The second-order valence-electron chi connectivity index (χ2n) is 6.47. The molecule has 30 heavy (non-hydrogen) atoms. The van der Waals surface area contributed by atoms with Crippen LogP contribution < -0.4 is 0 Å². The first-order chi connectivity index (χ1) is 14.2. The third-order valence-electron chi connectivity index (χ3n) is 4.57. The van der Waals surface area contributed by atoms with Gasteiger partial charge in [-0.05, 0) is 56.3 Å². The first-order valence-electron chi connectivity index (χ1n) is 9.11. The van der Waals surface area contributed by atoms with Crippen molar-refractivity contribution in [2.75, 3.05) is 6.61 Å². The minimum atomic E-state index is -1.04. The van der Waals surface area contributed by atoms with Gasteiger partial charge in [-0.15, -0.1) is 0 Å². The zero-order valence-corrected chi connectivity index (χ0v) is 17.3. The first kappa shape index (κ1) is 21.4. The van der Waals surface area contributed by atoms with Crippen LogP contribution in [0.1, 0.15) is 35.5 Å². The van der Waals surface area contributed by atoms with Crippen LogP contribution in [0.25, 0.3) is 17.4 Å². The molecule has 1 aliphatic heterocycles. The van der Waals surface area contributed by atoms with E-state index < -0.39 is 29.1 Å². The molecule has 156 valence electrons. The Morgan fingerprint density at radius 2 is 2.00 bits per heavy atom. The predicted molar refractivity (Wildman–Crippen MR) is 110 cm³/mol. The molecule has 1 aliphatic rings. The molecule has 9 heteroatoms. The number of aromatic carboxylic acids is 1. The molecule has 3 rings (SSSR count). The Morgan fingerprint density at radius 3 is 2.67 bits per heavy atom. The molecule has 2 amide bonds. The van der Waals surface area contributed by atoms with Crippen LogP contribution in [0.3, 0.4) is 0 Å². The highest BCUT2D eigenvalue weighted by atomic mass is 32.2. The molecule has 0 spiro atoms. The lowest BCUT2D eigenvalue weighted by Gasteiger charge is -2.19. The molecule has 1 saturated heterocycles. The van der Waals surface area contributed by atoms with E-state index in [2.05, 4.69) is 0 Å². The summed E-state index contributed by atoms with van der Waals surface area (Å²) in [7, 11) is 0. The van der Waals surface area contributed by atoms with E-state index in [-0.39, 0.29) is 17.1 Å². The van der Waals surface area contributed by atoms with E-state index in [9.17, 15) is 24.3 Å². The Balaban J connectivity index is 1.86. The molecule has 8 nitrogen and oxygen atoms in total. The van der Waals surface area contributed by atoms with Gasteiger partial charge < -0.3 is 14.3 Å². The molecule has 0 radical (unpaired) electrons. The van der Waals surface area contributed by atoms with Gasteiger partial charge in [0.25, 0.3) is 11.1 Å². The van der Waals surface area contributed by atoms with Crippen molar-refractivity contribution in [2.24, 2.45) is 0 Å². The average molecular weight is 429 g/mol. The van der Waals surface area contributed by atoms with Crippen LogP contribution in [0.2, 0.25) is 0 Å². The number of carbonyl (C=O) groups is 4. The van der Waals surface area contributed by atoms with E-state index in [4.69, 9.17) is 9.15 Å². The quantitative estimate of drug-likeness (QED) is 0.542. The Bertz CT molecular complexity index is 1070. The number of hydrogen-bond donors (Lipinski definition) is 1. The van der Waals surface area contributed by atoms with Crippen molar-refractivity contribution < 1.29 is 33.4 Å². The Labute approximate surface area is 176 Å². The van der Waals surface area contributed by atoms with Crippen molar-refractivity contribution in [3.05, 3.63) is 52.1 Å². The largest absolute Gasteiger partial charge is 0.478 e. The second-order valence-corrected chi connectivity index (χ2v) is 7.46. The molecule has 1 N–H and O–H groups in total. The summed E-state index contributed by atoms with van der Waals surface area (Å²) in [6.07, 6.45) is 1.42. The molecule has 2 heterocycles. The number of amides is 2. The fourth-order valence-electron chi connectivity index (χ4n) is 3.02. The maximum atomic E-state index is 12.6. The summed E-state index contributed by atoms with van der Waals surface area (Å²) >= 11 is 0.708. The average Bonchev–Trinajstić information content (AvgIpc) is 3.26. The number of hydrogen-bond acceptors (Lipinski definition) is 7. The molecular weight excluding hydrogens is 410 g/mol. The highest BCUT2D eigenvalue weighted by molar-refractivity contribution is 8.18. The number of carbonyl (C=O) groups excluding carboxylic acids is 3. The lowest BCUT2D eigenvalue weighted by atomic mass is 10.0. The predicted octanol–water partition coefficient (Wildman–Crippen LogP) is 3.94. The van der Waals surface area contributed by atoms with Gasteiger partial charge in [-0.25, -0.2) is 9.59 Å². The zero-order chi connectivity index (χ0) is 22.0. The molecule has 0 aliphatic carbocycles. The molecule has 1 fully saturated rings. The van der Waals surface area contributed by atoms with Crippen LogP contribution in [-0.2, 0) is 14.3 Å². The van der Waals surface area contributed by atoms with Gasteiger partial charge in [-0.1, -0.05) is 12.1 Å². The van der Waals surface area contributed by atoms with Crippen molar-refractivity contribution in [3.8, 4) is 11.3 Å². The van der Waals surface area contributed by atoms with Gasteiger partial charge in [0.05, 0.1) is 17.1 Å². The minimum absolute atomic E-state index is 0.119. The summed E-state index contributed by atoms with van der Waals surface area (Å²) in [4.78, 5) is 49.1. The van der Waals surface area contributed by atoms with Crippen molar-refractivity contribution in [1.29, 1.82) is 0 Å². The number of furan rings is 1. The van der Waals surface area contributed by atoms with Crippen molar-refractivity contribution in [1.82, 2.24) is 4.90 Å². The summed E-state index contributed by atoms with van der Waals surface area (Å²) in [5, 5.41) is 8.71. The number of rotatable bonds is 6. The second kappa shape index (κ2) is 8.58. The number of nitrogens with zero attached hydrogens (tertiary/aromatic N) is 1. The van der Waals surface area contributed by atoms with Gasteiger partial charge in [-0.2, -0.15) is 0 Å². The van der Waals surface area contributed by atoms with Crippen molar-refractivity contribution in [3.63, 3.8) is 0 Å². The fraction of sp³-hybridized carbons (Fsp3) is 0.238.